The fourth-order valence-electron chi connectivity index (χ4n) is 8.59. The second-order valence-corrected chi connectivity index (χ2v) is 14.8. The summed E-state index contributed by atoms with van der Waals surface area (Å²) >= 11 is 1.86. The minimum absolute atomic E-state index is 0.910. The maximum absolute atomic E-state index is 6.72. The van der Waals surface area contributed by atoms with Crippen molar-refractivity contribution in [1.29, 1.82) is 0 Å². The highest BCUT2D eigenvalue weighted by molar-refractivity contribution is 7.25. The van der Waals surface area contributed by atoms with Crippen LogP contribution in [0, 0.1) is 0 Å². The highest BCUT2D eigenvalue weighted by Crippen LogP contribution is 2.44. The van der Waals surface area contributed by atoms with Crippen molar-refractivity contribution >= 4 is 97.1 Å². The zero-order valence-corrected chi connectivity index (χ0v) is 28.7. The van der Waals surface area contributed by atoms with Crippen LogP contribution in [0.2, 0.25) is 0 Å². The monoisotopic (exact) mass is 680 g/mol. The van der Waals surface area contributed by atoms with Gasteiger partial charge in [0.15, 0.2) is 0 Å². The Hall–Kier alpha value is -6.62. The lowest BCUT2D eigenvalue weighted by molar-refractivity contribution is 0.673. The Morgan fingerprint density at radius 3 is 1.92 bits per heavy atom. The topological polar surface area (TPSA) is 23.0 Å². The molecule has 0 spiro atoms. The van der Waals surface area contributed by atoms with Gasteiger partial charge in [0, 0.05) is 58.5 Å². The molecule has 4 heterocycles. The summed E-state index contributed by atoms with van der Waals surface area (Å²) in [6.07, 6.45) is 0. The van der Waals surface area contributed by atoms with Gasteiger partial charge in [0.25, 0.3) is 0 Å². The summed E-state index contributed by atoms with van der Waals surface area (Å²) in [6, 6.07) is 61.7. The standard InChI is InChI=1S/C48H28N2OS/c1-2-10-31(11-3-1)49-40-15-7-4-12-33(40)37-27-39-43(28-42(37)49)50(41-24-23-36-34-13-5-8-16-44(34)51-48(36)47(39)41)32-21-18-29(19-22-32)30-20-25-46-38(26-30)35-14-6-9-17-45(35)52-46/h1-28H. The lowest BCUT2D eigenvalue weighted by Crippen LogP contribution is -1.95. The van der Waals surface area contributed by atoms with Gasteiger partial charge in [-0.25, -0.2) is 0 Å². The number of furan rings is 1. The molecule has 52 heavy (non-hydrogen) atoms. The predicted molar refractivity (Wildman–Crippen MR) is 221 cm³/mol. The van der Waals surface area contributed by atoms with E-state index < -0.39 is 0 Å². The van der Waals surface area contributed by atoms with Gasteiger partial charge in [-0.3, -0.25) is 0 Å². The van der Waals surface area contributed by atoms with Crippen LogP contribution in [0.25, 0.3) is 108 Å². The van der Waals surface area contributed by atoms with Gasteiger partial charge in [-0.15, -0.1) is 11.3 Å². The molecule has 4 heteroatoms. The van der Waals surface area contributed by atoms with Crippen molar-refractivity contribution in [3.63, 3.8) is 0 Å². The van der Waals surface area contributed by atoms with Crippen molar-refractivity contribution in [1.82, 2.24) is 9.13 Å². The van der Waals surface area contributed by atoms with Crippen LogP contribution in [0.3, 0.4) is 0 Å². The summed E-state index contributed by atoms with van der Waals surface area (Å²) in [5, 5.41) is 9.71. The SMILES string of the molecule is c1ccc(-n2c3ccccc3c3cc4c5c6oc7ccccc7c6ccc5n(-c5ccc(-c6ccc7sc8ccccc8c7c6)cc5)c4cc32)cc1. The number of nitrogens with zero attached hydrogens (tertiary/aromatic N) is 2. The van der Waals surface area contributed by atoms with Crippen molar-refractivity contribution in [3.05, 3.63) is 170 Å². The smallest absolute Gasteiger partial charge is 0.145 e. The molecule has 4 aromatic heterocycles. The maximum atomic E-state index is 6.72. The van der Waals surface area contributed by atoms with E-state index in [2.05, 4.69) is 173 Å². The van der Waals surface area contributed by atoms with E-state index in [9.17, 15) is 0 Å². The molecule has 0 N–H and O–H groups in total. The average molecular weight is 681 g/mol. The fourth-order valence-corrected chi connectivity index (χ4v) is 9.67. The van der Waals surface area contributed by atoms with Gasteiger partial charge in [0.1, 0.15) is 11.2 Å². The number of hydrogen-bond acceptors (Lipinski definition) is 2. The highest BCUT2D eigenvalue weighted by atomic mass is 32.1. The number of rotatable bonds is 3. The molecule has 0 aliphatic heterocycles. The average Bonchev–Trinajstić information content (AvgIpc) is 3.94. The zero-order chi connectivity index (χ0) is 33.9. The molecule has 0 unspecified atom stereocenters. The van der Waals surface area contributed by atoms with Gasteiger partial charge in [-0.05, 0) is 90.0 Å². The van der Waals surface area contributed by atoms with Crippen molar-refractivity contribution in [2.75, 3.05) is 0 Å². The molecule has 0 saturated carbocycles. The van der Waals surface area contributed by atoms with E-state index in [0.717, 1.165) is 49.7 Å². The number of para-hydroxylation sites is 3. The predicted octanol–water partition coefficient (Wildman–Crippen LogP) is 13.8. The lowest BCUT2D eigenvalue weighted by Gasteiger charge is -2.11. The number of benzene rings is 8. The normalized spacial score (nSPS) is 12.2. The largest absolute Gasteiger partial charge is 0.455 e. The van der Waals surface area contributed by atoms with Crippen molar-refractivity contribution < 1.29 is 4.42 Å². The van der Waals surface area contributed by atoms with Gasteiger partial charge < -0.3 is 13.6 Å². The summed E-state index contributed by atoms with van der Waals surface area (Å²) in [4.78, 5) is 0. The van der Waals surface area contributed by atoms with Crippen LogP contribution in [0.15, 0.2) is 174 Å². The molecular weight excluding hydrogens is 653 g/mol. The summed E-state index contributed by atoms with van der Waals surface area (Å²) in [6.45, 7) is 0. The molecule has 12 rings (SSSR count). The summed E-state index contributed by atoms with van der Waals surface area (Å²) in [5.41, 5.74) is 11.2. The molecule has 0 radical (unpaired) electrons. The number of hydrogen-bond donors (Lipinski definition) is 0. The molecule has 12 aromatic rings. The van der Waals surface area contributed by atoms with E-state index in [-0.39, 0.29) is 0 Å². The van der Waals surface area contributed by atoms with E-state index in [1.54, 1.807) is 0 Å². The van der Waals surface area contributed by atoms with Crippen molar-refractivity contribution in [2.24, 2.45) is 0 Å². The number of fused-ring (bicyclic) bond motifs is 13. The van der Waals surface area contributed by atoms with E-state index in [4.69, 9.17) is 4.42 Å². The number of thiophene rings is 1. The van der Waals surface area contributed by atoms with Gasteiger partial charge in [0.05, 0.1) is 27.5 Å². The minimum Gasteiger partial charge on any atom is -0.455 e. The molecule has 0 atom stereocenters. The minimum atomic E-state index is 0.910. The Morgan fingerprint density at radius 2 is 1.04 bits per heavy atom. The van der Waals surface area contributed by atoms with Gasteiger partial charge >= 0.3 is 0 Å². The summed E-state index contributed by atoms with van der Waals surface area (Å²) in [5.74, 6) is 0. The first-order valence-electron chi connectivity index (χ1n) is 17.7. The molecule has 0 fully saturated rings. The number of aromatic nitrogens is 2. The Balaban J connectivity index is 1.14. The van der Waals surface area contributed by atoms with Crippen LogP contribution in [0.5, 0.6) is 0 Å². The van der Waals surface area contributed by atoms with Crippen LogP contribution in [0.4, 0.5) is 0 Å². The first-order valence-corrected chi connectivity index (χ1v) is 18.5. The van der Waals surface area contributed by atoms with E-state index in [1.807, 2.05) is 17.4 Å². The van der Waals surface area contributed by atoms with Crippen molar-refractivity contribution in [3.8, 4) is 22.5 Å². The summed E-state index contributed by atoms with van der Waals surface area (Å²) < 4.78 is 14.2. The quantitative estimate of drug-likeness (QED) is 0.182. The van der Waals surface area contributed by atoms with E-state index >= 15 is 0 Å². The molecule has 0 bridgehead atoms. The van der Waals surface area contributed by atoms with Crippen LogP contribution in [0.1, 0.15) is 0 Å². The maximum Gasteiger partial charge on any atom is 0.145 e. The molecule has 0 amide bonds. The third-order valence-corrected chi connectivity index (χ3v) is 12.1. The molecule has 3 nitrogen and oxygen atoms in total. The molecule has 242 valence electrons. The first-order chi connectivity index (χ1) is 25.8. The highest BCUT2D eigenvalue weighted by Gasteiger charge is 2.22. The van der Waals surface area contributed by atoms with Crippen LogP contribution in [-0.4, -0.2) is 9.13 Å². The third-order valence-electron chi connectivity index (χ3n) is 10.9. The van der Waals surface area contributed by atoms with E-state index in [1.165, 1.54) is 58.5 Å². The van der Waals surface area contributed by atoms with Gasteiger partial charge in [0.2, 0.25) is 0 Å². The Bertz CT molecular complexity index is 3390. The second kappa shape index (κ2) is 10.5. The first kappa shape index (κ1) is 28.1. The summed E-state index contributed by atoms with van der Waals surface area (Å²) in [7, 11) is 0. The fraction of sp³-hybridized carbons (Fsp3) is 0. The van der Waals surface area contributed by atoms with Crippen LogP contribution >= 0.6 is 11.3 Å². The third kappa shape index (κ3) is 3.84. The molecule has 0 aliphatic rings. The van der Waals surface area contributed by atoms with E-state index in [0.29, 0.717) is 0 Å². The van der Waals surface area contributed by atoms with Gasteiger partial charge in [-0.2, -0.15) is 0 Å². The van der Waals surface area contributed by atoms with Gasteiger partial charge in [-0.1, -0.05) is 91.0 Å². The van der Waals surface area contributed by atoms with Crippen molar-refractivity contribution in [2.45, 2.75) is 0 Å². The molecule has 8 aromatic carbocycles. The Kier molecular flexibility index (Phi) is 5.65. The Labute approximate surface area is 301 Å². The van der Waals surface area contributed by atoms with Crippen LogP contribution in [-0.2, 0) is 0 Å². The molecule has 0 saturated heterocycles. The Morgan fingerprint density at radius 1 is 0.365 bits per heavy atom. The molecule has 0 aliphatic carbocycles. The lowest BCUT2D eigenvalue weighted by atomic mass is 10.0. The zero-order valence-electron chi connectivity index (χ0n) is 27.9. The van der Waals surface area contributed by atoms with Crippen LogP contribution < -0.4 is 0 Å². The second-order valence-electron chi connectivity index (χ2n) is 13.7. The molecular formula is C48H28N2OS.